The predicted octanol–water partition coefficient (Wildman–Crippen LogP) is 5.77. The topological polar surface area (TPSA) is 95.2 Å². The Bertz CT molecular complexity index is 1480. The third-order valence-corrected chi connectivity index (χ3v) is 6.15. The summed E-state index contributed by atoms with van der Waals surface area (Å²) in [6.07, 6.45) is 0. The van der Waals surface area contributed by atoms with Crippen LogP contribution in [0, 0.1) is 17.9 Å². The van der Waals surface area contributed by atoms with E-state index in [2.05, 4.69) is 26.2 Å². The van der Waals surface area contributed by atoms with Crippen LogP contribution in [-0.4, -0.2) is 17.1 Å². The lowest BCUT2D eigenvalue weighted by atomic mass is 10.1. The van der Waals surface area contributed by atoms with Gasteiger partial charge in [-0.15, -0.1) is 0 Å². The molecular weight excluding hydrogens is 458 g/mol. The normalized spacial score (nSPS) is 10.3. The number of benzene rings is 3. The van der Waals surface area contributed by atoms with Gasteiger partial charge in [0.2, 0.25) is 0 Å². The molecule has 1 aromatic heterocycles. The highest BCUT2D eigenvalue weighted by atomic mass is 32.2. The van der Waals surface area contributed by atoms with Crippen LogP contribution in [0.15, 0.2) is 82.7 Å². The van der Waals surface area contributed by atoms with Gasteiger partial charge in [-0.1, -0.05) is 48.2 Å². The first kappa shape index (κ1) is 23.6. The molecule has 0 atom stereocenters. The molecule has 0 fully saturated rings. The molecule has 0 aliphatic heterocycles. The van der Waals surface area contributed by atoms with Gasteiger partial charge in [-0.2, -0.15) is 5.26 Å². The number of rotatable bonds is 8. The van der Waals surface area contributed by atoms with Crippen LogP contribution in [0.3, 0.4) is 0 Å². The number of hydrogen-bond acceptors (Lipinski definition) is 6. The van der Waals surface area contributed by atoms with Crippen LogP contribution in [0.4, 0.5) is 11.4 Å². The highest BCUT2D eigenvalue weighted by Gasteiger charge is 2.15. The second-order valence-electron chi connectivity index (χ2n) is 7.56. The molecule has 0 aliphatic carbocycles. The number of H-pyrrole nitrogens is 1. The van der Waals surface area contributed by atoms with Crippen molar-refractivity contribution in [2.45, 2.75) is 17.5 Å². The number of aromatic nitrogens is 2. The van der Waals surface area contributed by atoms with E-state index in [4.69, 9.17) is 16.6 Å². The molecule has 1 heterocycles. The van der Waals surface area contributed by atoms with Crippen LogP contribution in [-0.2, 0) is 12.3 Å². The van der Waals surface area contributed by atoms with Crippen molar-refractivity contribution in [2.75, 3.05) is 12.4 Å². The molecule has 0 aliphatic rings. The van der Waals surface area contributed by atoms with Gasteiger partial charge in [0.1, 0.15) is 5.75 Å². The Labute approximate surface area is 207 Å². The second kappa shape index (κ2) is 11.1. The monoisotopic (exact) mass is 479 g/mol. The SMILES string of the molecule is [C-]#[N+]c1c(-c2cccc(OC)c2)nc(SCc2cccc(NCc3ccc(C#N)cc3)c2)[nH]c1=O. The summed E-state index contributed by atoms with van der Waals surface area (Å²) in [6, 6.07) is 24.8. The predicted molar refractivity (Wildman–Crippen MR) is 138 cm³/mol. The van der Waals surface area contributed by atoms with E-state index in [1.54, 1.807) is 43.5 Å². The molecule has 0 saturated carbocycles. The quantitative estimate of drug-likeness (QED) is 0.189. The highest BCUT2D eigenvalue weighted by Crippen LogP contribution is 2.30. The summed E-state index contributed by atoms with van der Waals surface area (Å²) in [5.41, 5.74) is 4.22. The fourth-order valence-corrected chi connectivity index (χ4v) is 4.22. The number of methoxy groups -OCH3 is 1. The fourth-order valence-electron chi connectivity index (χ4n) is 3.41. The average Bonchev–Trinajstić information content (AvgIpc) is 2.91. The van der Waals surface area contributed by atoms with Crippen LogP contribution in [0.25, 0.3) is 16.1 Å². The Morgan fingerprint density at radius 2 is 1.91 bits per heavy atom. The molecule has 172 valence electrons. The third kappa shape index (κ3) is 5.89. The standard InChI is InChI=1S/C27H21N5O2S/c1-29-25-24(21-6-4-8-23(14-21)34-2)31-27(32-26(25)33)35-17-20-5-3-7-22(13-20)30-16-19-11-9-18(15-28)10-12-19/h3-14,30H,16-17H2,2H3,(H,31,32,33). The van der Waals surface area contributed by atoms with Crippen molar-refractivity contribution in [2.24, 2.45) is 0 Å². The van der Waals surface area contributed by atoms with E-state index in [1.807, 2.05) is 36.4 Å². The smallest absolute Gasteiger partial charge is 0.276 e. The molecule has 0 radical (unpaired) electrons. The number of ether oxygens (including phenoxy) is 1. The van der Waals surface area contributed by atoms with Gasteiger partial charge >= 0.3 is 0 Å². The lowest BCUT2D eigenvalue weighted by Gasteiger charge is -2.10. The molecule has 0 amide bonds. The number of aromatic amines is 1. The van der Waals surface area contributed by atoms with Crippen LogP contribution >= 0.6 is 11.8 Å². The molecule has 7 nitrogen and oxygen atoms in total. The summed E-state index contributed by atoms with van der Waals surface area (Å²) in [7, 11) is 1.56. The molecule has 35 heavy (non-hydrogen) atoms. The summed E-state index contributed by atoms with van der Waals surface area (Å²) < 4.78 is 5.27. The summed E-state index contributed by atoms with van der Waals surface area (Å²) in [5, 5.41) is 12.8. The molecule has 0 saturated heterocycles. The Balaban J connectivity index is 1.48. The van der Waals surface area contributed by atoms with E-state index in [9.17, 15) is 4.79 Å². The molecular formula is C27H21N5O2S. The van der Waals surface area contributed by atoms with Crippen molar-refractivity contribution < 1.29 is 4.74 Å². The first-order valence-corrected chi connectivity index (χ1v) is 11.7. The van der Waals surface area contributed by atoms with Gasteiger partial charge in [0.05, 0.1) is 31.0 Å². The summed E-state index contributed by atoms with van der Waals surface area (Å²) in [4.78, 5) is 23.3. The van der Waals surface area contributed by atoms with E-state index in [0.717, 1.165) is 16.8 Å². The lowest BCUT2D eigenvalue weighted by Crippen LogP contribution is -2.09. The van der Waals surface area contributed by atoms with Crippen molar-refractivity contribution in [3.8, 4) is 23.1 Å². The van der Waals surface area contributed by atoms with Crippen molar-refractivity contribution >= 4 is 23.1 Å². The molecule has 2 N–H and O–H groups in total. The van der Waals surface area contributed by atoms with E-state index < -0.39 is 5.56 Å². The van der Waals surface area contributed by atoms with Gasteiger partial charge in [0, 0.05) is 18.0 Å². The molecule has 4 rings (SSSR count). The number of nitrogens with one attached hydrogen (secondary N) is 2. The van der Waals surface area contributed by atoms with E-state index >= 15 is 0 Å². The number of anilines is 1. The minimum absolute atomic E-state index is 0.0448. The molecule has 8 heteroatoms. The van der Waals surface area contributed by atoms with Gasteiger partial charge in [-0.25, -0.2) is 9.83 Å². The summed E-state index contributed by atoms with van der Waals surface area (Å²) in [5.74, 6) is 1.21. The van der Waals surface area contributed by atoms with E-state index in [-0.39, 0.29) is 5.69 Å². The van der Waals surface area contributed by atoms with Crippen molar-refractivity contribution in [3.63, 3.8) is 0 Å². The van der Waals surface area contributed by atoms with Crippen LogP contribution in [0.2, 0.25) is 0 Å². The van der Waals surface area contributed by atoms with Gasteiger partial charge in [-0.05, 0) is 53.1 Å². The zero-order valence-corrected chi connectivity index (χ0v) is 19.7. The van der Waals surface area contributed by atoms with Gasteiger partial charge < -0.3 is 15.0 Å². The number of hydrogen-bond donors (Lipinski definition) is 2. The second-order valence-corrected chi connectivity index (χ2v) is 8.53. The molecule has 0 unspecified atom stereocenters. The minimum Gasteiger partial charge on any atom is -0.497 e. The van der Waals surface area contributed by atoms with Crippen LogP contribution < -0.4 is 15.6 Å². The molecule has 4 aromatic rings. The van der Waals surface area contributed by atoms with Gasteiger partial charge in [0.15, 0.2) is 5.16 Å². The van der Waals surface area contributed by atoms with Gasteiger partial charge in [0.25, 0.3) is 11.2 Å². The number of thioether (sulfide) groups is 1. The largest absolute Gasteiger partial charge is 0.497 e. The maximum absolute atomic E-state index is 12.6. The molecule has 3 aromatic carbocycles. The Morgan fingerprint density at radius 3 is 2.66 bits per heavy atom. The van der Waals surface area contributed by atoms with Crippen LogP contribution in [0.5, 0.6) is 5.75 Å². The van der Waals surface area contributed by atoms with Crippen molar-refractivity contribution in [1.29, 1.82) is 5.26 Å². The zero-order chi connectivity index (χ0) is 24.6. The summed E-state index contributed by atoms with van der Waals surface area (Å²) in [6.45, 7) is 8.07. The van der Waals surface area contributed by atoms with Crippen LogP contribution in [0.1, 0.15) is 16.7 Å². The van der Waals surface area contributed by atoms with E-state index in [0.29, 0.717) is 40.0 Å². The van der Waals surface area contributed by atoms with Gasteiger partial charge in [-0.3, -0.25) is 4.79 Å². The summed E-state index contributed by atoms with van der Waals surface area (Å²) >= 11 is 1.39. The number of nitrogens with zero attached hydrogens (tertiary/aromatic N) is 3. The van der Waals surface area contributed by atoms with Crippen molar-refractivity contribution in [3.05, 3.63) is 111 Å². The number of nitriles is 1. The minimum atomic E-state index is -0.465. The maximum atomic E-state index is 12.6. The first-order valence-electron chi connectivity index (χ1n) is 10.7. The third-order valence-electron chi connectivity index (χ3n) is 5.21. The average molecular weight is 480 g/mol. The highest BCUT2D eigenvalue weighted by molar-refractivity contribution is 7.98. The fraction of sp³-hybridized carbons (Fsp3) is 0.111. The Hall–Kier alpha value is -4.53. The zero-order valence-electron chi connectivity index (χ0n) is 18.9. The first-order chi connectivity index (χ1) is 17.1. The lowest BCUT2D eigenvalue weighted by molar-refractivity contribution is 0.415. The Morgan fingerprint density at radius 1 is 1.11 bits per heavy atom. The van der Waals surface area contributed by atoms with Crippen molar-refractivity contribution in [1.82, 2.24) is 9.97 Å². The van der Waals surface area contributed by atoms with E-state index in [1.165, 1.54) is 11.8 Å². The molecule has 0 bridgehead atoms. The molecule has 0 spiro atoms. The maximum Gasteiger partial charge on any atom is 0.276 e. The Kier molecular flexibility index (Phi) is 7.47.